The van der Waals surface area contributed by atoms with Crippen LogP contribution in [0.2, 0.25) is 0 Å². The van der Waals surface area contributed by atoms with Crippen LogP contribution in [0.25, 0.3) is 0 Å². The quantitative estimate of drug-likeness (QED) is 0.353. The molecule has 160 valence electrons. The van der Waals surface area contributed by atoms with E-state index in [-0.39, 0.29) is 17.6 Å². The summed E-state index contributed by atoms with van der Waals surface area (Å²) in [6.07, 6.45) is 4.03. The molecule has 3 aromatic rings. The monoisotopic (exact) mass is 451 g/mol. The first-order chi connectivity index (χ1) is 15.1. The van der Waals surface area contributed by atoms with Crippen molar-refractivity contribution in [1.29, 1.82) is 0 Å². The molecule has 4 N–H and O–H groups in total. The summed E-state index contributed by atoms with van der Waals surface area (Å²) in [5.74, 6) is -0.0237. The van der Waals surface area contributed by atoms with Gasteiger partial charge >= 0.3 is 0 Å². The molecule has 0 saturated heterocycles. The summed E-state index contributed by atoms with van der Waals surface area (Å²) < 4.78 is 0. The number of thiophene rings is 1. The third kappa shape index (κ3) is 5.29. The number of fused-ring (bicyclic) bond motifs is 1. The number of para-hydroxylation sites is 1. The fourth-order valence-electron chi connectivity index (χ4n) is 3.68. The van der Waals surface area contributed by atoms with E-state index in [4.69, 9.17) is 5.73 Å². The second-order valence-corrected chi connectivity index (χ2v) is 9.58. The highest BCUT2D eigenvalue weighted by atomic mass is 32.2. The first-order valence-corrected chi connectivity index (χ1v) is 12.2. The molecule has 1 heterocycles. The minimum absolute atomic E-state index is 0.126. The number of anilines is 2. The van der Waals surface area contributed by atoms with E-state index < -0.39 is 0 Å². The first-order valence-electron chi connectivity index (χ1n) is 10.4. The van der Waals surface area contributed by atoms with Gasteiger partial charge < -0.3 is 16.4 Å². The summed E-state index contributed by atoms with van der Waals surface area (Å²) in [5.41, 5.74) is 9.40. The van der Waals surface area contributed by atoms with Crippen molar-refractivity contribution in [3.8, 4) is 0 Å². The summed E-state index contributed by atoms with van der Waals surface area (Å²) in [6, 6.07) is 17.3. The predicted molar refractivity (Wildman–Crippen MR) is 129 cm³/mol. The van der Waals surface area contributed by atoms with Crippen molar-refractivity contribution in [2.45, 2.75) is 37.1 Å². The number of rotatable bonds is 7. The van der Waals surface area contributed by atoms with Crippen LogP contribution < -0.4 is 16.4 Å². The Morgan fingerprint density at radius 2 is 1.74 bits per heavy atom. The topological polar surface area (TPSA) is 84.2 Å². The molecule has 2 amide bonds. The Balaban J connectivity index is 1.47. The molecule has 0 fully saturated rings. The van der Waals surface area contributed by atoms with Crippen LogP contribution in [0.15, 0.2) is 59.5 Å². The third-order valence-electron chi connectivity index (χ3n) is 5.22. The maximum atomic E-state index is 13.1. The van der Waals surface area contributed by atoms with Crippen LogP contribution in [0.4, 0.5) is 10.7 Å². The maximum Gasteiger partial charge on any atom is 0.254 e. The van der Waals surface area contributed by atoms with Gasteiger partial charge in [0, 0.05) is 22.0 Å². The molecule has 0 spiro atoms. The summed E-state index contributed by atoms with van der Waals surface area (Å²) >= 11 is 2.94. The molecule has 0 aliphatic heterocycles. The molecule has 0 saturated carbocycles. The number of nitrogen functional groups attached to an aromatic ring is 1. The molecule has 0 unspecified atom stereocenters. The Labute approximate surface area is 190 Å². The summed E-state index contributed by atoms with van der Waals surface area (Å²) in [4.78, 5) is 27.9. The van der Waals surface area contributed by atoms with E-state index in [1.54, 1.807) is 0 Å². The second-order valence-electron chi connectivity index (χ2n) is 7.46. The van der Waals surface area contributed by atoms with E-state index in [9.17, 15) is 9.59 Å². The van der Waals surface area contributed by atoms with Crippen LogP contribution in [-0.2, 0) is 24.2 Å². The van der Waals surface area contributed by atoms with E-state index in [0.29, 0.717) is 22.8 Å². The number of benzene rings is 2. The lowest BCUT2D eigenvalue weighted by Gasteiger charge is -2.13. The van der Waals surface area contributed by atoms with Gasteiger partial charge in [0.15, 0.2) is 0 Å². The number of hydrogen-bond donors (Lipinski definition) is 3. The van der Waals surface area contributed by atoms with Crippen LogP contribution >= 0.6 is 23.1 Å². The fraction of sp³-hybridized carbons (Fsp3) is 0.250. The fourth-order valence-corrected chi connectivity index (χ4v) is 5.75. The Bertz CT molecular complexity index is 1080. The standard InChI is InChI=1S/C24H25N3O2S2/c25-18-11-5-7-13-20(18)30-15-21(28)27-24-22(17-10-4-6-12-19(17)31-24)23(29)26-14-16-8-2-1-3-9-16/h1-3,5,7-9,11,13H,4,6,10,12,14-15,25H2,(H,26,29)(H,27,28). The van der Waals surface area contributed by atoms with E-state index in [2.05, 4.69) is 10.6 Å². The molecule has 7 heteroatoms. The van der Waals surface area contributed by atoms with Crippen molar-refractivity contribution in [2.24, 2.45) is 0 Å². The summed E-state index contributed by atoms with van der Waals surface area (Å²) in [5, 5.41) is 6.68. The van der Waals surface area contributed by atoms with Gasteiger partial charge in [-0.3, -0.25) is 9.59 Å². The van der Waals surface area contributed by atoms with Crippen molar-refractivity contribution in [3.63, 3.8) is 0 Å². The van der Waals surface area contributed by atoms with Crippen LogP contribution in [0.3, 0.4) is 0 Å². The number of aryl methyl sites for hydroxylation is 1. The molecule has 0 bridgehead atoms. The number of amides is 2. The predicted octanol–water partition coefficient (Wildman–Crippen LogP) is 4.87. The molecule has 0 radical (unpaired) electrons. The van der Waals surface area contributed by atoms with Gasteiger partial charge in [0.05, 0.1) is 11.3 Å². The van der Waals surface area contributed by atoms with Crippen molar-refractivity contribution in [3.05, 3.63) is 76.2 Å². The SMILES string of the molecule is Nc1ccccc1SCC(=O)Nc1sc2c(c1C(=O)NCc1ccccc1)CCCC2. The van der Waals surface area contributed by atoms with Gasteiger partial charge in [-0.05, 0) is 48.9 Å². The third-order valence-corrected chi connectivity index (χ3v) is 7.52. The highest BCUT2D eigenvalue weighted by Crippen LogP contribution is 2.38. The summed E-state index contributed by atoms with van der Waals surface area (Å²) in [7, 11) is 0. The van der Waals surface area contributed by atoms with Gasteiger partial charge in [0.1, 0.15) is 5.00 Å². The maximum absolute atomic E-state index is 13.1. The Morgan fingerprint density at radius 1 is 1.00 bits per heavy atom. The van der Waals surface area contributed by atoms with Crippen molar-refractivity contribution in [1.82, 2.24) is 5.32 Å². The van der Waals surface area contributed by atoms with Crippen LogP contribution in [-0.4, -0.2) is 17.6 Å². The zero-order chi connectivity index (χ0) is 21.6. The Morgan fingerprint density at radius 3 is 2.55 bits per heavy atom. The van der Waals surface area contributed by atoms with E-state index >= 15 is 0 Å². The van der Waals surface area contributed by atoms with Crippen LogP contribution in [0.5, 0.6) is 0 Å². The largest absolute Gasteiger partial charge is 0.398 e. The molecular formula is C24H25N3O2S2. The molecule has 1 aliphatic carbocycles. The van der Waals surface area contributed by atoms with E-state index in [1.807, 2.05) is 54.6 Å². The zero-order valence-electron chi connectivity index (χ0n) is 17.1. The van der Waals surface area contributed by atoms with Gasteiger partial charge in [-0.1, -0.05) is 42.5 Å². The van der Waals surface area contributed by atoms with Gasteiger partial charge in [0.25, 0.3) is 5.91 Å². The number of hydrogen-bond acceptors (Lipinski definition) is 5. The number of nitrogens with one attached hydrogen (secondary N) is 2. The Hall–Kier alpha value is -2.77. The number of carbonyl (C=O) groups excluding carboxylic acids is 2. The molecule has 1 aromatic heterocycles. The highest BCUT2D eigenvalue weighted by molar-refractivity contribution is 8.00. The molecule has 31 heavy (non-hydrogen) atoms. The number of carbonyl (C=O) groups is 2. The number of nitrogens with two attached hydrogens (primary N) is 1. The lowest BCUT2D eigenvalue weighted by molar-refractivity contribution is -0.113. The molecule has 1 aliphatic rings. The zero-order valence-corrected chi connectivity index (χ0v) is 18.8. The van der Waals surface area contributed by atoms with Gasteiger partial charge in [-0.2, -0.15) is 0 Å². The van der Waals surface area contributed by atoms with Crippen molar-refractivity contribution >= 4 is 45.6 Å². The van der Waals surface area contributed by atoms with Crippen molar-refractivity contribution < 1.29 is 9.59 Å². The van der Waals surface area contributed by atoms with E-state index in [1.165, 1.54) is 28.0 Å². The van der Waals surface area contributed by atoms with Crippen LogP contribution in [0, 0.1) is 0 Å². The molecule has 4 rings (SSSR count). The minimum atomic E-state index is -0.135. The molecule has 5 nitrogen and oxygen atoms in total. The van der Waals surface area contributed by atoms with Gasteiger partial charge in [-0.25, -0.2) is 0 Å². The summed E-state index contributed by atoms with van der Waals surface area (Å²) in [6.45, 7) is 0.459. The average Bonchev–Trinajstić information content (AvgIpc) is 3.15. The number of thioether (sulfide) groups is 1. The van der Waals surface area contributed by atoms with Crippen LogP contribution in [0.1, 0.15) is 39.2 Å². The van der Waals surface area contributed by atoms with Gasteiger partial charge in [0.2, 0.25) is 5.91 Å². The van der Waals surface area contributed by atoms with E-state index in [0.717, 1.165) is 41.7 Å². The molecule has 0 atom stereocenters. The van der Waals surface area contributed by atoms with Crippen molar-refractivity contribution in [2.75, 3.05) is 16.8 Å². The molecular weight excluding hydrogens is 426 g/mol. The first kappa shape index (κ1) is 21.5. The Kier molecular flexibility index (Phi) is 6.94. The minimum Gasteiger partial charge on any atom is -0.398 e. The second kappa shape index (κ2) is 10.0. The lowest BCUT2D eigenvalue weighted by Crippen LogP contribution is -2.25. The lowest BCUT2D eigenvalue weighted by atomic mass is 9.95. The molecule has 2 aromatic carbocycles. The smallest absolute Gasteiger partial charge is 0.254 e. The van der Waals surface area contributed by atoms with Gasteiger partial charge in [-0.15, -0.1) is 23.1 Å². The highest BCUT2D eigenvalue weighted by Gasteiger charge is 2.26. The normalized spacial score (nSPS) is 12.8. The average molecular weight is 452 g/mol.